The van der Waals surface area contributed by atoms with E-state index in [0.717, 1.165) is 28.5 Å². The van der Waals surface area contributed by atoms with Crippen LogP contribution in [0, 0.1) is 22.7 Å². The van der Waals surface area contributed by atoms with Crippen LogP contribution < -0.4 is 4.90 Å². The summed E-state index contributed by atoms with van der Waals surface area (Å²) < 4.78 is 2.61. The van der Waals surface area contributed by atoms with Crippen molar-refractivity contribution in [3.8, 4) is 6.07 Å². The second-order valence-corrected chi connectivity index (χ2v) is 6.68. The topological polar surface area (TPSA) is 61.4 Å². The fourth-order valence-electron chi connectivity index (χ4n) is 3.31. The van der Waals surface area contributed by atoms with Crippen LogP contribution in [0.4, 0.5) is 5.69 Å². The Kier molecular flexibility index (Phi) is 2.64. The number of anilines is 1. The van der Waals surface area contributed by atoms with Gasteiger partial charge in [-0.05, 0) is 53.2 Å². The molecule has 0 unspecified atom stereocenters. The van der Waals surface area contributed by atoms with E-state index in [1.54, 1.807) is 15.6 Å². The molecule has 2 aromatic rings. The number of carbonyl (C=O) groups excluding carboxylic acids is 1. The predicted octanol–water partition coefficient (Wildman–Crippen LogP) is 2.75. The van der Waals surface area contributed by atoms with Crippen molar-refractivity contribution in [1.29, 1.82) is 5.26 Å². The van der Waals surface area contributed by atoms with E-state index < -0.39 is 5.41 Å². The summed E-state index contributed by atoms with van der Waals surface area (Å²) in [4.78, 5) is 14.6. The molecule has 3 heterocycles. The second-order valence-electron chi connectivity index (χ2n) is 5.77. The minimum atomic E-state index is -0.806. The van der Waals surface area contributed by atoms with Gasteiger partial charge < -0.3 is 4.90 Å². The average molecular weight is 345 g/mol. The number of carbonyl (C=O) groups is 1. The van der Waals surface area contributed by atoms with E-state index >= 15 is 0 Å². The Morgan fingerprint density at radius 1 is 1.48 bits per heavy atom. The molecule has 0 aromatic carbocycles. The number of nitriles is 1. The Morgan fingerprint density at radius 3 is 3.00 bits per heavy atom. The number of nitrogens with zero attached hydrogens (tertiary/aromatic N) is 4. The first-order valence-electron chi connectivity index (χ1n) is 7.02. The standard InChI is InChI=1S/C15H13BrN4O/c16-11-7-13(12-3-5-18-20(12)8-11)19-6-4-15(9-17,14(19)21)10-1-2-10/h3,5,7-8,10H,1-2,4,6H2/t15-/m1/s1. The maximum absolute atomic E-state index is 12.9. The fraction of sp³-hybridized carbons (Fsp3) is 0.400. The molecule has 21 heavy (non-hydrogen) atoms. The van der Waals surface area contributed by atoms with Gasteiger partial charge in [-0.25, -0.2) is 4.52 Å². The number of pyridine rings is 1. The van der Waals surface area contributed by atoms with Crippen molar-refractivity contribution in [1.82, 2.24) is 9.61 Å². The van der Waals surface area contributed by atoms with Gasteiger partial charge >= 0.3 is 0 Å². The molecule has 1 aliphatic heterocycles. The average Bonchev–Trinajstić information content (AvgIpc) is 3.12. The molecule has 5 nitrogen and oxygen atoms in total. The molecule has 0 radical (unpaired) electrons. The van der Waals surface area contributed by atoms with Crippen LogP contribution in [0.5, 0.6) is 0 Å². The minimum Gasteiger partial charge on any atom is -0.309 e. The molecule has 1 amide bonds. The lowest BCUT2D eigenvalue weighted by Crippen LogP contribution is -2.35. The van der Waals surface area contributed by atoms with Crippen LogP contribution in [-0.2, 0) is 4.79 Å². The van der Waals surface area contributed by atoms with Crippen molar-refractivity contribution in [3.05, 3.63) is 29.0 Å². The summed E-state index contributed by atoms with van der Waals surface area (Å²) in [5.74, 6) is 0.196. The van der Waals surface area contributed by atoms with Crippen molar-refractivity contribution in [2.45, 2.75) is 19.3 Å². The van der Waals surface area contributed by atoms with Crippen LogP contribution in [0.25, 0.3) is 5.52 Å². The third-order valence-electron chi connectivity index (χ3n) is 4.57. The van der Waals surface area contributed by atoms with Crippen LogP contribution >= 0.6 is 15.9 Å². The summed E-state index contributed by atoms with van der Waals surface area (Å²) in [6.45, 7) is 0.597. The third kappa shape index (κ3) is 1.74. The zero-order valence-electron chi connectivity index (χ0n) is 11.3. The van der Waals surface area contributed by atoms with Crippen LogP contribution in [0.1, 0.15) is 19.3 Å². The molecule has 2 aromatic heterocycles. The van der Waals surface area contributed by atoms with Gasteiger partial charge in [-0.15, -0.1) is 0 Å². The normalized spacial score (nSPS) is 25.5. The van der Waals surface area contributed by atoms with Gasteiger partial charge in [0.05, 0.1) is 23.5 Å². The molecule has 4 rings (SSSR count). The number of halogens is 1. The summed E-state index contributed by atoms with van der Waals surface area (Å²) >= 11 is 3.46. The Hall–Kier alpha value is -1.87. The largest absolute Gasteiger partial charge is 0.309 e. The lowest BCUT2D eigenvalue weighted by Gasteiger charge is -2.21. The first-order chi connectivity index (χ1) is 10.2. The van der Waals surface area contributed by atoms with Gasteiger partial charge in [-0.3, -0.25) is 4.79 Å². The molecule has 0 bridgehead atoms. The lowest BCUT2D eigenvalue weighted by atomic mass is 9.83. The molecular formula is C15H13BrN4O. The molecule has 2 fully saturated rings. The Bertz CT molecular complexity index is 789. The van der Waals surface area contributed by atoms with Crippen LogP contribution in [0.15, 0.2) is 29.0 Å². The number of hydrogen-bond acceptors (Lipinski definition) is 3. The molecule has 0 N–H and O–H groups in total. The number of fused-ring (bicyclic) bond motifs is 1. The van der Waals surface area contributed by atoms with Gasteiger partial charge in [0.2, 0.25) is 5.91 Å². The minimum absolute atomic E-state index is 0.0475. The fourth-order valence-corrected chi connectivity index (χ4v) is 3.72. The molecule has 1 saturated carbocycles. The summed E-state index contributed by atoms with van der Waals surface area (Å²) in [6, 6.07) is 6.13. The quantitative estimate of drug-likeness (QED) is 0.841. The second kappa shape index (κ2) is 4.31. The maximum atomic E-state index is 12.9. The van der Waals surface area contributed by atoms with Crippen LogP contribution in [-0.4, -0.2) is 22.1 Å². The maximum Gasteiger partial charge on any atom is 0.247 e. The highest BCUT2D eigenvalue weighted by molar-refractivity contribution is 9.10. The van der Waals surface area contributed by atoms with Crippen molar-refractivity contribution in [2.75, 3.05) is 11.4 Å². The summed E-state index contributed by atoms with van der Waals surface area (Å²) in [7, 11) is 0. The molecule has 1 atom stereocenters. The highest BCUT2D eigenvalue weighted by Crippen LogP contribution is 2.52. The monoisotopic (exact) mass is 344 g/mol. The highest BCUT2D eigenvalue weighted by Gasteiger charge is 2.56. The zero-order chi connectivity index (χ0) is 14.6. The summed E-state index contributed by atoms with van der Waals surface area (Å²) in [6.07, 6.45) is 6.18. The number of aromatic nitrogens is 2. The highest BCUT2D eigenvalue weighted by atomic mass is 79.9. The van der Waals surface area contributed by atoms with Crippen molar-refractivity contribution in [2.24, 2.45) is 11.3 Å². The van der Waals surface area contributed by atoms with Crippen molar-refractivity contribution in [3.63, 3.8) is 0 Å². The Morgan fingerprint density at radius 2 is 2.29 bits per heavy atom. The van der Waals surface area contributed by atoms with Crippen molar-refractivity contribution < 1.29 is 4.79 Å². The van der Waals surface area contributed by atoms with Gasteiger partial charge in [0.15, 0.2) is 0 Å². The molecule has 0 spiro atoms. The molecule has 1 saturated heterocycles. The number of amides is 1. The zero-order valence-corrected chi connectivity index (χ0v) is 12.9. The summed E-state index contributed by atoms with van der Waals surface area (Å²) in [5.41, 5.74) is 0.903. The van der Waals surface area contributed by atoms with Gasteiger partial charge in [-0.1, -0.05) is 0 Å². The first kappa shape index (κ1) is 12.8. The van der Waals surface area contributed by atoms with E-state index in [1.807, 2.05) is 18.3 Å². The Balaban J connectivity index is 1.82. The van der Waals surface area contributed by atoms with E-state index in [2.05, 4.69) is 27.1 Å². The first-order valence-corrected chi connectivity index (χ1v) is 7.81. The van der Waals surface area contributed by atoms with Gasteiger partial charge in [-0.2, -0.15) is 10.4 Å². The van der Waals surface area contributed by atoms with Gasteiger partial charge in [0.1, 0.15) is 5.41 Å². The smallest absolute Gasteiger partial charge is 0.247 e. The van der Waals surface area contributed by atoms with E-state index in [0.29, 0.717) is 13.0 Å². The predicted molar refractivity (Wildman–Crippen MR) is 80.6 cm³/mol. The van der Waals surface area contributed by atoms with E-state index in [-0.39, 0.29) is 11.8 Å². The van der Waals surface area contributed by atoms with E-state index in [9.17, 15) is 10.1 Å². The summed E-state index contributed by atoms with van der Waals surface area (Å²) in [5, 5.41) is 13.8. The molecule has 106 valence electrons. The van der Waals surface area contributed by atoms with Crippen molar-refractivity contribution >= 4 is 33.0 Å². The third-order valence-corrected chi connectivity index (χ3v) is 5.01. The van der Waals surface area contributed by atoms with Crippen LogP contribution in [0.2, 0.25) is 0 Å². The van der Waals surface area contributed by atoms with Crippen LogP contribution in [0.3, 0.4) is 0 Å². The van der Waals surface area contributed by atoms with E-state index in [4.69, 9.17) is 0 Å². The van der Waals surface area contributed by atoms with E-state index in [1.165, 1.54) is 0 Å². The van der Waals surface area contributed by atoms with Gasteiger partial charge in [0.25, 0.3) is 0 Å². The van der Waals surface area contributed by atoms with Gasteiger partial charge in [0, 0.05) is 17.2 Å². The molecule has 6 heteroatoms. The molecule has 2 aliphatic rings. The molecular weight excluding hydrogens is 332 g/mol. The number of rotatable bonds is 2. The number of hydrogen-bond donors (Lipinski definition) is 0. The lowest BCUT2D eigenvalue weighted by molar-refractivity contribution is -0.123. The SMILES string of the molecule is N#C[C@@]1(C2CC2)CCN(c2cc(Br)cn3nccc23)C1=O. The molecule has 1 aliphatic carbocycles. The Labute approximate surface area is 130 Å².